The number of aromatic nitrogens is 1. The van der Waals surface area contributed by atoms with E-state index in [2.05, 4.69) is 17.2 Å². The van der Waals surface area contributed by atoms with Crippen molar-refractivity contribution in [3.8, 4) is 0 Å². The van der Waals surface area contributed by atoms with Gasteiger partial charge >= 0.3 is 0 Å². The van der Waals surface area contributed by atoms with Crippen molar-refractivity contribution in [2.24, 2.45) is 0 Å². The predicted octanol–water partition coefficient (Wildman–Crippen LogP) is 1.64. The van der Waals surface area contributed by atoms with Gasteiger partial charge in [0.25, 0.3) is 0 Å². The van der Waals surface area contributed by atoms with Crippen molar-refractivity contribution in [3.05, 3.63) is 18.5 Å². The van der Waals surface area contributed by atoms with Crippen LogP contribution in [0.3, 0.4) is 0 Å². The zero-order valence-corrected chi connectivity index (χ0v) is 8.94. The standard InChI is InChI=1S/C11H17N3O/c1-8-4-10(2-3-15-8)14-11-5-9(12)6-13-7-11/h5-8,10,14H,2-4,12H2,1H3. The summed E-state index contributed by atoms with van der Waals surface area (Å²) in [6.07, 6.45) is 5.87. The fraction of sp³-hybridized carbons (Fsp3) is 0.545. The van der Waals surface area contributed by atoms with Crippen molar-refractivity contribution < 1.29 is 4.74 Å². The van der Waals surface area contributed by atoms with Gasteiger partial charge in [-0.05, 0) is 25.8 Å². The minimum Gasteiger partial charge on any atom is -0.397 e. The van der Waals surface area contributed by atoms with Crippen molar-refractivity contribution in [1.29, 1.82) is 0 Å². The first-order chi connectivity index (χ1) is 7.24. The van der Waals surface area contributed by atoms with Gasteiger partial charge in [0.2, 0.25) is 0 Å². The highest BCUT2D eigenvalue weighted by atomic mass is 16.5. The predicted molar refractivity (Wildman–Crippen MR) is 60.7 cm³/mol. The number of nitrogens with zero attached hydrogens (tertiary/aromatic N) is 1. The van der Waals surface area contributed by atoms with E-state index in [9.17, 15) is 0 Å². The maximum absolute atomic E-state index is 5.66. The lowest BCUT2D eigenvalue weighted by molar-refractivity contribution is 0.0232. The van der Waals surface area contributed by atoms with Crippen LogP contribution in [0.25, 0.3) is 0 Å². The maximum atomic E-state index is 5.66. The maximum Gasteiger partial charge on any atom is 0.0566 e. The summed E-state index contributed by atoms with van der Waals surface area (Å²) in [5, 5.41) is 3.43. The molecule has 2 rings (SSSR count). The molecule has 0 aromatic carbocycles. The van der Waals surface area contributed by atoms with Gasteiger partial charge in [0.05, 0.1) is 23.7 Å². The Hall–Kier alpha value is -1.29. The molecule has 1 fully saturated rings. The quantitative estimate of drug-likeness (QED) is 0.774. The molecule has 2 heterocycles. The molecule has 1 aromatic heterocycles. The third-order valence-electron chi connectivity index (χ3n) is 2.62. The third kappa shape index (κ3) is 2.83. The number of pyridine rings is 1. The molecule has 1 aliphatic heterocycles. The van der Waals surface area contributed by atoms with Gasteiger partial charge in [-0.1, -0.05) is 0 Å². The number of nitrogens with two attached hydrogens (primary N) is 1. The van der Waals surface area contributed by atoms with E-state index in [1.165, 1.54) is 0 Å². The van der Waals surface area contributed by atoms with Crippen molar-refractivity contribution in [3.63, 3.8) is 0 Å². The van der Waals surface area contributed by atoms with Crippen molar-refractivity contribution in [2.45, 2.75) is 31.9 Å². The molecule has 1 saturated heterocycles. The Morgan fingerprint density at radius 1 is 1.53 bits per heavy atom. The van der Waals surface area contributed by atoms with Gasteiger partial charge in [-0.25, -0.2) is 0 Å². The Morgan fingerprint density at radius 3 is 3.13 bits per heavy atom. The van der Waals surface area contributed by atoms with E-state index in [-0.39, 0.29) is 0 Å². The second-order valence-electron chi connectivity index (χ2n) is 4.05. The Bertz CT molecular complexity index is 329. The van der Waals surface area contributed by atoms with E-state index in [0.29, 0.717) is 17.8 Å². The first-order valence-corrected chi connectivity index (χ1v) is 5.32. The molecule has 0 bridgehead atoms. The summed E-state index contributed by atoms with van der Waals surface area (Å²) in [6.45, 7) is 2.93. The summed E-state index contributed by atoms with van der Waals surface area (Å²) < 4.78 is 5.49. The van der Waals surface area contributed by atoms with Crippen molar-refractivity contribution in [1.82, 2.24) is 4.98 Å². The van der Waals surface area contributed by atoms with Crippen LogP contribution in [0.4, 0.5) is 11.4 Å². The molecular weight excluding hydrogens is 190 g/mol. The number of nitrogens with one attached hydrogen (secondary N) is 1. The van der Waals surface area contributed by atoms with Gasteiger partial charge < -0.3 is 15.8 Å². The second kappa shape index (κ2) is 4.49. The highest BCUT2D eigenvalue weighted by molar-refractivity contribution is 5.51. The Balaban J connectivity index is 1.96. The molecule has 4 heteroatoms. The number of nitrogen functional groups attached to an aromatic ring is 1. The summed E-state index contributed by atoms with van der Waals surface area (Å²) >= 11 is 0. The van der Waals surface area contributed by atoms with Gasteiger partial charge in [0, 0.05) is 18.8 Å². The molecule has 2 atom stereocenters. The first kappa shape index (κ1) is 10.2. The van der Waals surface area contributed by atoms with Gasteiger partial charge in [-0.2, -0.15) is 0 Å². The molecule has 0 aliphatic carbocycles. The summed E-state index contributed by atoms with van der Waals surface area (Å²) in [7, 11) is 0. The number of anilines is 2. The molecular formula is C11H17N3O. The summed E-state index contributed by atoms with van der Waals surface area (Å²) in [4.78, 5) is 4.05. The lowest BCUT2D eigenvalue weighted by atomic mass is 10.0. The number of rotatable bonds is 2. The van der Waals surface area contributed by atoms with E-state index < -0.39 is 0 Å². The molecule has 0 saturated carbocycles. The van der Waals surface area contributed by atoms with Crippen LogP contribution in [-0.4, -0.2) is 23.7 Å². The normalized spacial score (nSPS) is 26.2. The Kier molecular flexibility index (Phi) is 3.06. The van der Waals surface area contributed by atoms with Crippen LogP contribution in [0.2, 0.25) is 0 Å². The minimum atomic E-state index is 0.338. The SMILES string of the molecule is CC1CC(Nc2cncc(N)c2)CCO1. The molecule has 2 unspecified atom stereocenters. The van der Waals surface area contributed by atoms with Crippen LogP contribution in [0, 0.1) is 0 Å². The molecule has 0 amide bonds. The number of hydrogen-bond donors (Lipinski definition) is 2. The highest BCUT2D eigenvalue weighted by Crippen LogP contribution is 2.19. The molecule has 4 nitrogen and oxygen atoms in total. The first-order valence-electron chi connectivity index (χ1n) is 5.32. The van der Waals surface area contributed by atoms with Crippen LogP contribution < -0.4 is 11.1 Å². The van der Waals surface area contributed by atoms with Crippen LogP contribution in [0.5, 0.6) is 0 Å². The zero-order valence-electron chi connectivity index (χ0n) is 8.94. The van der Waals surface area contributed by atoms with E-state index >= 15 is 0 Å². The lowest BCUT2D eigenvalue weighted by Crippen LogP contribution is -2.32. The second-order valence-corrected chi connectivity index (χ2v) is 4.05. The van der Waals surface area contributed by atoms with Gasteiger partial charge in [-0.3, -0.25) is 4.98 Å². The van der Waals surface area contributed by atoms with E-state index in [4.69, 9.17) is 10.5 Å². The Morgan fingerprint density at radius 2 is 2.40 bits per heavy atom. The van der Waals surface area contributed by atoms with E-state index in [1.807, 2.05) is 6.07 Å². The lowest BCUT2D eigenvalue weighted by Gasteiger charge is -2.28. The summed E-state index contributed by atoms with van der Waals surface area (Å²) in [5.41, 5.74) is 7.35. The highest BCUT2D eigenvalue weighted by Gasteiger charge is 2.18. The van der Waals surface area contributed by atoms with Crippen LogP contribution in [0.1, 0.15) is 19.8 Å². The molecule has 0 radical (unpaired) electrons. The summed E-state index contributed by atoms with van der Waals surface area (Å²) in [5.74, 6) is 0. The van der Waals surface area contributed by atoms with Gasteiger partial charge in [-0.15, -0.1) is 0 Å². The van der Waals surface area contributed by atoms with Crippen LogP contribution >= 0.6 is 0 Å². The number of ether oxygens (including phenoxy) is 1. The van der Waals surface area contributed by atoms with Gasteiger partial charge in [0.1, 0.15) is 0 Å². The molecule has 1 aliphatic rings. The average molecular weight is 207 g/mol. The summed E-state index contributed by atoms with van der Waals surface area (Å²) in [6, 6.07) is 2.38. The smallest absolute Gasteiger partial charge is 0.0566 e. The van der Waals surface area contributed by atoms with E-state index in [0.717, 1.165) is 25.1 Å². The van der Waals surface area contributed by atoms with Crippen LogP contribution in [0.15, 0.2) is 18.5 Å². The fourth-order valence-corrected chi connectivity index (χ4v) is 1.90. The molecule has 1 aromatic rings. The largest absolute Gasteiger partial charge is 0.397 e. The molecule has 15 heavy (non-hydrogen) atoms. The van der Waals surface area contributed by atoms with E-state index in [1.54, 1.807) is 12.4 Å². The molecule has 3 N–H and O–H groups in total. The Labute approximate surface area is 89.8 Å². The monoisotopic (exact) mass is 207 g/mol. The van der Waals surface area contributed by atoms with Crippen molar-refractivity contribution in [2.75, 3.05) is 17.7 Å². The zero-order chi connectivity index (χ0) is 10.7. The third-order valence-corrected chi connectivity index (χ3v) is 2.62. The average Bonchev–Trinajstić information content (AvgIpc) is 2.17. The minimum absolute atomic E-state index is 0.338. The molecule has 82 valence electrons. The molecule has 0 spiro atoms. The van der Waals surface area contributed by atoms with Crippen molar-refractivity contribution >= 4 is 11.4 Å². The van der Waals surface area contributed by atoms with Gasteiger partial charge in [0.15, 0.2) is 0 Å². The topological polar surface area (TPSA) is 60.2 Å². The number of hydrogen-bond acceptors (Lipinski definition) is 4. The fourth-order valence-electron chi connectivity index (χ4n) is 1.90. The van der Waals surface area contributed by atoms with Crippen LogP contribution in [-0.2, 0) is 4.74 Å².